The molecule has 0 spiro atoms. The molecule has 0 fully saturated rings. The standard InChI is InChI=1S/C14H23NO2/c1-14(2,3)7-8-17-13-9-11(10-15)5-6-12(13)16-4/h5-6,9H,7-8,10,15H2,1-4H3. The predicted molar refractivity (Wildman–Crippen MR) is 70.5 cm³/mol. The smallest absolute Gasteiger partial charge is 0.161 e. The molecule has 0 atom stereocenters. The van der Waals surface area contributed by atoms with Gasteiger partial charge in [-0.15, -0.1) is 0 Å². The van der Waals surface area contributed by atoms with Crippen LogP contribution in [0.15, 0.2) is 18.2 Å². The Labute approximate surface area is 104 Å². The zero-order valence-electron chi connectivity index (χ0n) is 11.2. The third kappa shape index (κ3) is 4.65. The molecule has 0 bridgehead atoms. The van der Waals surface area contributed by atoms with Gasteiger partial charge in [-0.3, -0.25) is 0 Å². The SMILES string of the molecule is COc1ccc(CN)cc1OCCC(C)(C)C. The van der Waals surface area contributed by atoms with Crippen molar-refractivity contribution in [3.63, 3.8) is 0 Å². The van der Waals surface area contributed by atoms with Gasteiger partial charge in [0.25, 0.3) is 0 Å². The maximum Gasteiger partial charge on any atom is 0.161 e. The highest BCUT2D eigenvalue weighted by atomic mass is 16.5. The van der Waals surface area contributed by atoms with E-state index in [0.717, 1.165) is 23.5 Å². The Morgan fingerprint density at radius 2 is 1.88 bits per heavy atom. The summed E-state index contributed by atoms with van der Waals surface area (Å²) in [5.41, 5.74) is 6.94. The quantitative estimate of drug-likeness (QED) is 0.856. The van der Waals surface area contributed by atoms with Crippen molar-refractivity contribution >= 4 is 0 Å². The van der Waals surface area contributed by atoms with Gasteiger partial charge in [0.2, 0.25) is 0 Å². The summed E-state index contributed by atoms with van der Waals surface area (Å²) in [4.78, 5) is 0. The Hall–Kier alpha value is -1.22. The number of benzene rings is 1. The molecule has 0 radical (unpaired) electrons. The first-order valence-corrected chi connectivity index (χ1v) is 5.96. The van der Waals surface area contributed by atoms with Gasteiger partial charge in [0, 0.05) is 6.54 Å². The van der Waals surface area contributed by atoms with Crippen molar-refractivity contribution in [3.8, 4) is 11.5 Å². The van der Waals surface area contributed by atoms with E-state index in [-0.39, 0.29) is 5.41 Å². The molecular formula is C14H23NO2. The lowest BCUT2D eigenvalue weighted by Gasteiger charge is -2.19. The van der Waals surface area contributed by atoms with E-state index in [0.29, 0.717) is 13.2 Å². The van der Waals surface area contributed by atoms with Gasteiger partial charge in [-0.25, -0.2) is 0 Å². The van der Waals surface area contributed by atoms with Crippen LogP contribution in [0.5, 0.6) is 11.5 Å². The molecule has 1 rings (SSSR count). The normalized spacial score (nSPS) is 11.4. The van der Waals surface area contributed by atoms with E-state index in [1.807, 2.05) is 18.2 Å². The number of rotatable bonds is 5. The fourth-order valence-corrected chi connectivity index (χ4v) is 1.43. The van der Waals surface area contributed by atoms with Crippen LogP contribution in [-0.2, 0) is 6.54 Å². The third-order valence-corrected chi connectivity index (χ3v) is 2.57. The lowest BCUT2D eigenvalue weighted by Crippen LogP contribution is -2.11. The largest absolute Gasteiger partial charge is 0.493 e. The van der Waals surface area contributed by atoms with Crippen molar-refractivity contribution < 1.29 is 9.47 Å². The van der Waals surface area contributed by atoms with Gasteiger partial charge in [0.1, 0.15) is 0 Å². The molecule has 0 heterocycles. The molecule has 3 nitrogen and oxygen atoms in total. The fraction of sp³-hybridized carbons (Fsp3) is 0.571. The highest BCUT2D eigenvalue weighted by Gasteiger charge is 2.11. The lowest BCUT2D eigenvalue weighted by molar-refractivity contribution is 0.234. The summed E-state index contributed by atoms with van der Waals surface area (Å²) in [6.45, 7) is 7.80. The highest BCUT2D eigenvalue weighted by Crippen LogP contribution is 2.29. The maximum absolute atomic E-state index is 5.77. The first kappa shape index (κ1) is 13.8. The molecule has 2 N–H and O–H groups in total. The van der Waals surface area contributed by atoms with Crippen molar-refractivity contribution in [1.82, 2.24) is 0 Å². The van der Waals surface area contributed by atoms with Gasteiger partial charge in [-0.1, -0.05) is 26.8 Å². The second kappa shape index (κ2) is 5.92. The molecule has 0 saturated heterocycles. The molecule has 96 valence electrons. The molecular weight excluding hydrogens is 214 g/mol. The second-order valence-electron chi connectivity index (χ2n) is 5.35. The van der Waals surface area contributed by atoms with E-state index in [2.05, 4.69) is 20.8 Å². The van der Waals surface area contributed by atoms with Gasteiger partial charge < -0.3 is 15.2 Å². The van der Waals surface area contributed by atoms with Crippen LogP contribution in [0.3, 0.4) is 0 Å². The lowest BCUT2D eigenvalue weighted by atomic mass is 9.93. The van der Waals surface area contributed by atoms with Crippen LogP contribution in [0.1, 0.15) is 32.8 Å². The summed E-state index contributed by atoms with van der Waals surface area (Å²) < 4.78 is 11.0. The molecule has 0 aromatic heterocycles. The number of hydrogen-bond acceptors (Lipinski definition) is 3. The Bertz CT molecular complexity index is 356. The summed E-state index contributed by atoms with van der Waals surface area (Å²) >= 11 is 0. The van der Waals surface area contributed by atoms with Crippen LogP contribution in [0, 0.1) is 5.41 Å². The van der Waals surface area contributed by atoms with Crippen LogP contribution in [0.25, 0.3) is 0 Å². The first-order valence-electron chi connectivity index (χ1n) is 5.96. The van der Waals surface area contributed by atoms with Gasteiger partial charge >= 0.3 is 0 Å². The van der Waals surface area contributed by atoms with Gasteiger partial charge in [0.05, 0.1) is 13.7 Å². The van der Waals surface area contributed by atoms with E-state index < -0.39 is 0 Å². The molecule has 3 heteroatoms. The average Bonchev–Trinajstić information content (AvgIpc) is 2.27. The van der Waals surface area contributed by atoms with Gasteiger partial charge in [0.15, 0.2) is 11.5 Å². The Morgan fingerprint density at radius 1 is 1.18 bits per heavy atom. The molecule has 0 aliphatic heterocycles. The van der Waals surface area contributed by atoms with Crippen LogP contribution >= 0.6 is 0 Å². The summed E-state index contributed by atoms with van der Waals surface area (Å²) in [7, 11) is 1.65. The zero-order chi connectivity index (χ0) is 12.9. The molecule has 0 saturated carbocycles. The molecule has 1 aromatic rings. The van der Waals surface area contributed by atoms with Crippen molar-refractivity contribution in [1.29, 1.82) is 0 Å². The summed E-state index contributed by atoms with van der Waals surface area (Å²) in [5, 5.41) is 0. The van der Waals surface area contributed by atoms with E-state index in [1.165, 1.54) is 0 Å². The van der Waals surface area contributed by atoms with E-state index in [9.17, 15) is 0 Å². The van der Waals surface area contributed by atoms with E-state index >= 15 is 0 Å². The maximum atomic E-state index is 5.77. The van der Waals surface area contributed by atoms with Gasteiger partial charge in [-0.05, 0) is 29.5 Å². The Morgan fingerprint density at radius 3 is 2.41 bits per heavy atom. The number of hydrogen-bond donors (Lipinski definition) is 1. The first-order chi connectivity index (χ1) is 7.96. The number of methoxy groups -OCH3 is 1. The topological polar surface area (TPSA) is 44.5 Å². The zero-order valence-corrected chi connectivity index (χ0v) is 11.2. The van der Waals surface area contributed by atoms with Crippen LogP contribution in [0.2, 0.25) is 0 Å². The molecule has 0 aliphatic rings. The van der Waals surface area contributed by atoms with Gasteiger partial charge in [-0.2, -0.15) is 0 Å². The van der Waals surface area contributed by atoms with Crippen molar-refractivity contribution in [3.05, 3.63) is 23.8 Å². The van der Waals surface area contributed by atoms with Crippen LogP contribution < -0.4 is 15.2 Å². The second-order valence-corrected chi connectivity index (χ2v) is 5.35. The third-order valence-electron chi connectivity index (χ3n) is 2.57. The summed E-state index contributed by atoms with van der Waals surface area (Å²) in [6.07, 6.45) is 1.00. The fourth-order valence-electron chi connectivity index (χ4n) is 1.43. The molecule has 1 aromatic carbocycles. The molecule has 0 unspecified atom stereocenters. The molecule has 17 heavy (non-hydrogen) atoms. The van der Waals surface area contributed by atoms with E-state index in [1.54, 1.807) is 7.11 Å². The predicted octanol–water partition coefficient (Wildman–Crippen LogP) is 2.97. The molecule has 0 aliphatic carbocycles. The number of ether oxygens (including phenoxy) is 2. The minimum atomic E-state index is 0.277. The van der Waals surface area contributed by atoms with Crippen LogP contribution in [0.4, 0.5) is 0 Å². The van der Waals surface area contributed by atoms with Crippen molar-refractivity contribution in [2.45, 2.75) is 33.7 Å². The molecule has 0 amide bonds. The number of nitrogens with two attached hydrogens (primary N) is 1. The van der Waals surface area contributed by atoms with Crippen molar-refractivity contribution in [2.24, 2.45) is 11.1 Å². The Balaban J connectivity index is 2.68. The Kier molecular flexibility index (Phi) is 4.82. The van der Waals surface area contributed by atoms with E-state index in [4.69, 9.17) is 15.2 Å². The summed E-state index contributed by atoms with van der Waals surface area (Å²) in [6, 6.07) is 5.80. The minimum Gasteiger partial charge on any atom is -0.493 e. The monoisotopic (exact) mass is 237 g/mol. The van der Waals surface area contributed by atoms with Crippen molar-refractivity contribution in [2.75, 3.05) is 13.7 Å². The minimum absolute atomic E-state index is 0.277. The average molecular weight is 237 g/mol. The summed E-state index contributed by atoms with van der Waals surface area (Å²) in [5.74, 6) is 1.54. The highest BCUT2D eigenvalue weighted by molar-refractivity contribution is 5.42. The van der Waals surface area contributed by atoms with Crippen LogP contribution in [-0.4, -0.2) is 13.7 Å².